The number of nitro groups is 1. The molecule has 3 aromatic carbocycles. The summed E-state index contributed by atoms with van der Waals surface area (Å²) in [6, 6.07) is 16.9. The average Bonchev–Trinajstić information content (AvgIpc) is 2.67. The lowest BCUT2D eigenvalue weighted by Gasteiger charge is -2.25. The summed E-state index contributed by atoms with van der Waals surface area (Å²) in [7, 11) is 1.61. The van der Waals surface area contributed by atoms with E-state index >= 15 is 0 Å². The topological polar surface area (TPSA) is 78.7 Å². The second-order valence-corrected chi connectivity index (χ2v) is 6.01. The standard InChI is InChI=1S/C20H17NO5/c1-20(13-22,26-18-9-6-17(7-10-18)21(23)24)16-5-3-15-12-19(25-2)8-4-14(15)11-16/h3-13H,1-2H3/t20-/m0/s1. The van der Waals surface area contributed by atoms with Crippen LogP contribution in [0.3, 0.4) is 0 Å². The highest BCUT2D eigenvalue weighted by Crippen LogP contribution is 2.31. The molecule has 3 rings (SSSR count). The molecule has 0 radical (unpaired) electrons. The van der Waals surface area contributed by atoms with Gasteiger partial charge in [-0.2, -0.15) is 0 Å². The number of methoxy groups -OCH3 is 1. The van der Waals surface area contributed by atoms with Crippen LogP contribution in [0.2, 0.25) is 0 Å². The van der Waals surface area contributed by atoms with Crippen LogP contribution in [-0.2, 0) is 10.4 Å². The van der Waals surface area contributed by atoms with E-state index in [1.165, 1.54) is 24.3 Å². The first-order valence-electron chi connectivity index (χ1n) is 7.93. The highest BCUT2D eigenvalue weighted by Gasteiger charge is 2.29. The molecule has 6 nitrogen and oxygen atoms in total. The first kappa shape index (κ1) is 17.4. The zero-order valence-electron chi connectivity index (χ0n) is 14.3. The summed E-state index contributed by atoms with van der Waals surface area (Å²) in [6.07, 6.45) is 0.721. The summed E-state index contributed by atoms with van der Waals surface area (Å²) in [5.74, 6) is 1.13. The van der Waals surface area contributed by atoms with E-state index in [9.17, 15) is 14.9 Å². The normalized spacial score (nSPS) is 13.0. The Labute approximate surface area is 150 Å². The molecule has 0 bridgehead atoms. The Hall–Kier alpha value is -3.41. The first-order valence-corrected chi connectivity index (χ1v) is 7.93. The quantitative estimate of drug-likeness (QED) is 0.377. The number of non-ortho nitro benzene ring substituents is 1. The molecule has 0 amide bonds. The fourth-order valence-electron chi connectivity index (χ4n) is 2.69. The molecule has 1 atom stereocenters. The van der Waals surface area contributed by atoms with E-state index in [0.29, 0.717) is 11.3 Å². The molecule has 132 valence electrons. The number of nitrogens with zero attached hydrogens (tertiary/aromatic N) is 1. The van der Waals surface area contributed by atoms with E-state index in [1.54, 1.807) is 14.0 Å². The van der Waals surface area contributed by atoms with Gasteiger partial charge in [0.1, 0.15) is 11.5 Å². The lowest BCUT2D eigenvalue weighted by Crippen LogP contribution is -2.31. The van der Waals surface area contributed by atoms with Gasteiger partial charge in [0, 0.05) is 17.7 Å². The van der Waals surface area contributed by atoms with Crippen LogP contribution in [0.15, 0.2) is 60.7 Å². The Morgan fingerprint density at radius 3 is 2.19 bits per heavy atom. The third-order valence-electron chi connectivity index (χ3n) is 4.22. The van der Waals surface area contributed by atoms with E-state index in [2.05, 4.69) is 0 Å². The average molecular weight is 351 g/mol. The molecule has 0 N–H and O–H groups in total. The predicted octanol–water partition coefficient (Wildman–Crippen LogP) is 4.25. The van der Waals surface area contributed by atoms with E-state index < -0.39 is 10.5 Å². The molecule has 0 aliphatic carbocycles. The van der Waals surface area contributed by atoms with Crippen LogP contribution >= 0.6 is 0 Å². The number of hydrogen-bond acceptors (Lipinski definition) is 5. The molecular weight excluding hydrogens is 334 g/mol. The fraction of sp³-hybridized carbons (Fsp3) is 0.150. The Morgan fingerprint density at radius 2 is 1.58 bits per heavy atom. The van der Waals surface area contributed by atoms with Crippen molar-refractivity contribution in [3.8, 4) is 11.5 Å². The largest absolute Gasteiger partial charge is 0.497 e. The number of fused-ring (bicyclic) bond motifs is 1. The van der Waals surface area contributed by atoms with Crippen molar-refractivity contribution in [1.82, 2.24) is 0 Å². The number of carbonyl (C=O) groups excluding carboxylic acids is 1. The van der Waals surface area contributed by atoms with Crippen LogP contribution in [0.4, 0.5) is 5.69 Å². The molecule has 0 aliphatic rings. The second-order valence-electron chi connectivity index (χ2n) is 6.01. The second kappa shape index (κ2) is 6.84. The molecule has 0 saturated carbocycles. The molecule has 0 aliphatic heterocycles. The summed E-state index contributed by atoms with van der Waals surface area (Å²) >= 11 is 0. The van der Waals surface area contributed by atoms with Gasteiger partial charge in [0.25, 0.3) is 5.69 Å². The van der Waals surface area contributed by atoms with Crippen LogP contribution in [0, 0.1) is 10.1 Å². The highest BCUT2D eigenvalue weighted by molar-refractivity contribution is 5.85. The van der Waals surface area contributed by atoms with Crippen LogP contribution in [-0.4, -0.2) is 18.3 Å². The Bertz CT molecular complexity index is 968. The van der Waals surface area contributed by atoms with Crippen LogP contribution in [0.25, 0.3) is 10.8 Å². The van der Waals surface area contributed by atoms with Gasteiger partial charge in [-0.25, -0.2) is 0 Å². The molecule has 0 heterocycles. The Balaban J connectivity index is 1.94. The Morgan fingerprint density at radius 1 is 0.962 bits per heavy atom. The minimum absolute atomic E-state index is 0.0372. The van der Waals surface area contributed by atoms with Gasteiger partial charge in [0.2, 0.25) is 0 Å². The van der Waals surface area contributed by atoms with Crippen LogP contribution < -0.4 is 9.47 Å². The summed E-state index contributed by atoms with van der Waals surface area (Å²) in [4.78, 5) is 22.0. The fourth-order valence-corrected chi connectivity index (χ4v) is 2.69. The van der Waals surface area contributed by atoms with E-state index in [0.717, 1.165) is 22.8 Å². The molecule has 0 unspecified atom stereocenters. The van der Waals surface area contributed by atoms with Crippen molar-refractivity contribution in [3.05, 3.63) is 76.3 Å². The summed E-state index contributed by atoms with van der Waals surface area (Å²) in [5.41, 5.74) is -0.571. The molecule has 3 aromatic rings. The molecule has 0 fully saturated rings. The SMILES string of the molecule is COc1ccc2cc([C@](C)(C=O)Oc3ccc([N+](=O)[O-])cc3)ccc2c1. The smallest absolute Gasteiger partial charge is 0.269 e. The number of hydrogen-bond donors (Lipinski definition) is 0. The maximum Gasteiger partial charge on any atom is 0.269 e. The summed E-state index contributed by atoms with van der Waals surface area (Å²) in [6.45, 7) is 1.66. The third-order valence-corrected chi connectivity index (χ3v) is 4.22. The number of rotatable bonds is 6. The molecular formula is C20H17NO5. The molecule has 0 spiro atoms. The monoisotopic (exact) mass is 351 g/mol. The molecule has 26 heavy (non-hydrogen) atoms. The van der Waals surface area contributed by atoms with Crippen molar-refractivity contribution in [1.29, 1.82) is 0 Å². The maximum atomic E-state index is 11.8. The van der Waals surface area contributed by atoms with Crippen molar-refractivity contribution in [2.24, 2.45) is 0 Å². The molecule has 0 aromatic heterocycles. The first-order chi connectivity index (χ1) is 12.4. The van der Waals surface area contributed by atoms with Crippen molar-refractivity contribution >= 4 is 22.7 Å². The lowest BCUT2D eigenvalue weighted by atomic mass is 9.94. The van der Waals surface area contributed by atoms with E-state index in [1.807, 2.05) is 36.4 Å². The predicted molar refractivity (Wildman–Crippen MR) is 97.6 cm³/mol. The number of carbonyl (C=O) groups is 1. The number of ether oxygens (including phenoxy) is 2. The Kier molecular flexibility index (Phi) is 4.58. The van der Waals surface area contributed by atoms with Gasteiger partial charge in [-0.1, -0.05) is 18.2 Å². The number of benzene rings is 3. The van der Waals surface area contributed by atoms with Crippen molar-refractivity contribution in [3.63, 3.8) is 0 Å². The van der Waals surface area contributed by atoms with Gasteiger partial charge in [-0.15, -0.1) is 0 Å². The van der Waals surface area contributed by atoms with Crippen molar-refractivity contribution < 1.29 is 19.2 Å². The van der Waals surface area contributed by atoms with Gasteiger partial charge < -0.3 is 9.47 Å². The minimum Gasteiger partial charge on any atom is -0.497 e. The van der Waals surface area contributed by atoms with Crippen molar-refractivity contribution in [2.75, 3.05) is 7.11 Å². The van der Waals surface area contributed by atoms with Gasteiger partial charge in [-0.05, 0) is 48.0 Å². The summed E-state index contributed by atoms with van der Waals surface area (Å²) in [5, 5.41) is 12.7. The van der Waals surface area contributed by atoms with Crippen LogP contribution in [0.5, 0.6) is 11.5 Å². The lowest BCUT2D eigenvalue weighted by molar-refractivity contribution is -0.384. The van der Waals surface area contributed by atoms with Gasteiger partial charge in [0.15, 0.2) is 11.9 Å². The number of nitro benzene ring substituents is 1. The third kappa shape index (κ3) is 3.35. The highest BCUT2D eigenvalue weighted by atomic mass is 16.6. The summed E-state index contributed by atoms with van der Waals surface area (Å²) < 4.78 is 11.1. The number of aldehydes is 1. The van der Waals surface area contributed by atoms with E-state index in [-0.39, 0.29) is 5.69 Å². The van der Waals surface area contributed by atoms with Crippen LogP contribution in [0.1, 0.15) is 12.5 Å². The van der Waals surface area contributed by atoms with Gasteiger partial charge in [0.05, 0.1) is 12.0 Å². The zero-order chi connectivity index (χ0) is 18.7. The zero-order valence-corrected chi connectivity index (χ0v) is 14.3. The van der Waals surface area contributed by atoms with Crippen molar-refractivity contribution in [2.45, 2.75) is 12.5 Å². The van der Waals surface area contributed by atoms with Gasteiger partial charge in [-0.3, -0.25) is 14.9 Å². The molecule has 6 heteroatoms. The van der Waals surface area contributed by atoms with E-state index in [4.69, 9.17) is 9.47 Å². The van der Waals surface area contributed by atoms with Gasteiger partial charge >= 0.3 is 0 Å². The maximum absolute atomic E-state index is 11.8. The molecule has 0 saturated heterocycles. The minimum atomic E-state index is -1.22.